The predicted molar refractivity (Wildman–Crippen MR) is 54.0 cm³/mol. The first kappa shape index (κ1) is 9.68. The summed E-state index contributed by atoms with van der Waals surface area (Å²) >= 11 is 0. The fourth-order valence-electron chi connectivity index (χ4n) is 1.02. The molecule has 2 heteroatoms. The van der Waals surface area contributed by atoms with Gasteiger partial charge in [-0.2, -0.15) is 0 Å². The highest BCUT2D eigenvalue weighted by atomic mass is 16.1. The van der Waals surface area contributed by atoms with Gasteiger partial charge >= 0.3 is 0 Å². The van der Waals surface area contributed by atoms with Crippen molar-refractivity contribution in [3.8, 4) is 0 Å². The molecule has 2 nitrogen and oxygen atoms in total. The molecule has 0 saturated heterocycles. The zero-order chi connectivity index (χ0) is 9.52. The summed E-state index contributed by atoms with van der Waals surface area (Å²) in [7, 11) is 0. The lowest BCUT2D eigenvalue weighted by atomic mass is 10.1. The second-order valence-electron chi connectivity index (χ2n) is 2.75. The first-order chi connectivity index (χ1) is 6.36. The second-order valence-corrected chi connectivity index (χ2v) is 2.75. The molecule has 0 atom stereocenters. The Balaban J connectivity index is 2.63. The van der Waals surface area contributed by atoms with Crippen molar-refractivity contribution in [1.29, 1.82) is 0 Å². The van der Waals surface area contributed by atoms with E-state index in [4.69, 9.17) is 5.73 Å². The topological polar surface area (TPSA) is 43.1 Å². The molecule has 0 amide bonds. The van der Waals surface area contributed by atoms with Crippen molar-refractivity contribution < 1.29 is 4.79 Å². The molecule has 0 saturated carbocycles. The zero-order valence-electron chi connectivity index (χ0n) is 7.44. The van der Waals surface area contributed by atoms with Crippen LogP contribution in [0, 0.1) is 0 Å². The number of nitrogens with two attached hydrogens (primary N) is 1. The fourth-order valence-corrected chi connectivity index (χ4v) is 1.02. The fraction of sp³-hybridized carbons (Fsp3) is 0.182. The van der Waals surface area contributed by atoms with Crippen LogP contribution in [0.2, 0.25) is 0 Å². The molecule has 0 bridgehead atoms. The monoisotopic (exact) mass is 175 g/mol. The molecule has 1 rings (SSSR count). The molecule has 0 spiro atoms. The average molecular weight is 175 g/mol. The minimum absolute atomic E-state index is 0.471. The van der Waals surface area contributed by atoms with E-state index in [1.54, 1.807) is 0 Å². The third-order valence-electron chi connectivity index (χ3n) is 1.76. The van der Waals surface area contributed by atoms with Gasteiger partial charge in [-0.25, -0.2) is 0 Å². The van der Waals surface area contributed by atoms with Crippen LogP contribution in [0.15, 0.2) is 30.3 Å². The predicted octanol–water partition coefficient (Wildman–Crippen LogP) is 1.75. The van der Waals surface area contributed by atoms with Crippen molar-refractivity contribution in [2.75, 3.05) is 0 Å². The van der Waals surface area contributed by atoms with Crippen LogP contribution >= 0.6 is 0 Å². The maximum absolute atomic E-state index is 10.0. The van der Waals surface area contributed by atoms with E-state index in [0.717, 1.165) is 17.4 Å². The van der Waals surface area contributed by atoms with Crippen molar-refractivity contribution in [1.82, 2.24) is 0 Å². The second kappa shape index (κ2) is 5.27. The van der Waals surface area contributed by atoms with Crippen molar-refractivity contribution in [2.24, 2.45) is 5.73 Å². The van der Waals surface area contributed by atoms with Gasteiger partial charge in [-0.1, -0.05) is 36.4 Å². The standard InChI is InChI=1S/C11H13NO/c12-9-11-6-4-10(5-7-11)3-1-2-8-13/h1,3-8H,2,9,12H2. The van der Waals surface area contributed by atoms with E-state index in [1.807, 2.05) is 36.4 Å². The quantitative estimate of drug-likeness (QED) is 0.708. The lowest BCUT2D eigenvalue weighted by Crippen LogP contribution is -1.94. The summed E-state index contributed by atoms with van der Waals surface area (Å²) in [5.41, 5.74) is 7.67. The van der Waals surface area contributed by atoms with Crippen LogP contribution in [0.25, 0.3) is 6.08 Å². The van der Waals surface area contributed by atoms with Crippen LogP contribution in [-0.2, 0) is 11.3 Å². The van der Waals surface area contributed by atoms with E-state index in [9.17, 15) is 4.79 Å². The minimum Gasteiger partial charge on any atom is -0.326 e. The van der Waals surface area contributed by atoms with E-state index >= 15 is 0 Å². The molecule has 1 aromatic carbocycles. The molecule has 0 radical (unpaired) electrons. The molecule has 0 aromatic heterocycles. The minimum atomic E-state index is 0.471. The van der Waals surface area contributed by atoms with E-state index in [1.165, 1.54) is 0 Å². The smallest absolute Gasteiger partial charge is 0.123 e. The molecule has 0 unspecified atom stereocenters. The van der Waals surface area contributed by atoms with Crippen LogP contribution < -0.4 is 5.73 Å². The number of carbonyl (C=O) groups is 1. The van der Waals surface area contributed by atoms with E-state index in [0.29, 0.717) is 13.0 Å². The molecule has 68 valence electrons. The summed E-state index contributed by atoms with van der Waals surface area (Å²) in [6.07, 6.45) is 5.11. The number of rotatable bonds is 4. The lowest BCUT2D eigenvalue weighted by molar-refractivity contribution is -0.107. The first-order valence-electron chi connectivity index (χ1n) is 4.26. The van der Waals surface area contributed by atoms with Crippen LogP contribution in [0.1, 0.15) is 17.5 Å². The Hall–Kier alpha value is -1.41. The highest BCUT2D eigenvalue weighted by molar-refractivity contribution is 5.57. The highest BCUT2D eigenvalue weighted by Gasteiger charge is 1.88. The van der Waals surface area contributed by atoms with Gasteiger partial charge in [0, 0.05) is 13.0 Å². The van der Waals surface area contributed by atoms with Gasteiger partial charge in [-0.05, 0) is 11.1 Å². The van der Waals surface area contributed by atoms with Crippen LogP contribution in [-0.4, -0.2) is 6.29 Å². The van der Waals surface area contributed by atoms with Crippen molar-refractivity contribution >= 4 is 12.4 Å². The number of carbonyl (C=O) groups excluding carboxylic acids is 1. The average Bonchev–Trinajstić information content (AvgIpc) is 2.19. The Morgan fingerprint density at radius 1 is 1.23 bits per heavy atom. The largest absolute Gasteiger partial charge is 0.326 e. The number of hydrogen-bond donors (Lipinski definition) is 1. The molecule has 0 heterocycles. The maximum atomic E-state index is 10.0. The normalized spacial score (nSPS) is 10.5. The number of aldehydes is 1. The van der Waals surface area contributed by atoms with Gasteiger partial charge in [0.05, 0.1) is 0 Å². The van der Waals surface area contributed by atoms with E-state index in [-0.39, 0.29) is 0 Å². The van der Waals surface area contributed by atoms with E-state index in [2.05, 4.69) is 0 Å². The molecular formula is C11H13NO. The maximum Gasteiger partial charge on any atom is 0.123 e. The van der Waals surface area contributed by atoms with Gasteiger partial charge in [0.15, 0.2) is 0 Å². The van der Waals surface area contributed by atoms with Crippen LogP contribution in [0.4, 0.5) is 0 Å². The lowest BCUT2D eigenvalue weighted by Gasteiger charge is -1.96. The van der Waals surface area contributed by atoms with Gasteiger partial charge < -0.3 is 10.5 Å². The van der Waals surface area contributed by atoms with Gasteiger partial charge in [0.2, 0.25) is 0 Å². The van der Waals surface area contributed by atoms with Gasteiger partial charge in [0.1, 0.15) is 6.29 Å². The third kappa shape index (κ3) is 3.22. The van der Waals surface area contributed by atoms with E-state index < -0.39 is 0 Å². The summed E-state index contributed by atoms with van der Waals surface area (Å²) in [4.78, 5) is 10.0. The number of hydrogen-bond acceptors (Lipinski definition) is 2. The Morgan fingerprint density at radius 2 is 1.92 bits per heavy atom. The Kier molecular flexibility index (Phi) is 3.93. The van der Waals surface area contributed by atoms with Gasteiger partial charge in [-0.3, -0.25) is 0 Å². The molecule has 13 heavy (non-hydrogen) atoms. The summed E-state index contributed by atoms with van der Waals surface area (Å²) in [5.74, 6) is 0. The molecule has 1 aromatic rings. The number of allylic oxidation sites excluding steroid dienone is 1. The van der Waals surface area contributed by atoms with Crippen molar-refractivity contribution in [3.63, 3.8) is 0 Å². The molecule has 0 aliphatic carbocycles. The Morgan fingerprint density at radius 3 is 2.46 bits per heavy atom. The molecule has 0 fully saturated rings. The van der Waals surface area contributed by atoms with Crippen LogP contribution in [0.5, 0.6) is 0 Å². The molecule has 2 N–H and O–H groups in total. The summed E-state index contributed by atoms with van der Waals surface area (Å²) in [6, 6.07) is 7.95. The number of benzene rings is 1. The van der Waals surface area contributed by atoms with Gasteiger partial charge in [-0.15, -0.1) is 0 Å². The molecular weight excluding hydrogens is 162 g/mol. The summed E-state index contributed by atoms with van der Waals surface area (Å²) < 4.78 is 0. The molecule has 0 aliphatic heterocycles. The third-order valence-corrected chi connectivity index (χ3v) is 1.76. The highest BCUT2D eigenvalue weighted by Crippen LogP contribution is 2.05. The Labute approximate surface area is 78.1 Å². The summed E-state index contributed by atoms with van der Waals surface area (Å²) in [5, 5.41) is 0. The Bertz CT molecular complexity index is 287. The van der Waals surface area contributed by atoms with Crippen molar-refractivity contribution in [3.05, 3.63) is 41.5 Å². The summed E-state index contributed by atoms with van der Waals surface area (Å²) in [6.45, 7) is 0.568. The van der Waals surface area contributed by atoms with Crippen molar-refractivity contribution in [2.45, 2.75) is 13.0 Å². The van der Waals surface area contributed by atoms with Crippen LogP contribution in [0.3, 0.4) is 0 Å². The first-order valence-corrected chi connectivity index (χ1v) is 4.26. The SMILES string of the molecule is NCc1ccc(C=CCC=O)cc1. The van der Waals surface area contributed by atoms with Gasteiger partial charge in [0.25, 0.3) is 0 Å². The zero-order valence-corrected chi connectivity index (χ0v) is 7.44. The molecule has 0 aliphatic rings.